The largest absolute Gasteiger partial charge is 0.468 e. The van der Waals surface area contributed by atoms with Crippen molar-refractivity contribution in [1.82, 2.24) is 0 Å². The molecule has 0 amide bonds. The molecule has 30 heavy (non-hydrogen) atoms. The molecule has 0 N–H and O–H groups in total. The zero-order valence-electron chi connectivity index (χ0n) is 17.1. The van der Waals surface area contributed by atoms with Gasteiger partial charge in [0.05, 0.1) is 12.7 Å². The van der Waals surface area contributed by atoms with Crippen LogP contribution in [0.3, 0.4) is 0 Å². The van der Waals surface area contributed by atoms with Crippen molar-refractivity contribution in [3.63, 3.8) is 0 Å². The first-order valence-corrected chi connectivity index (χ1v) is 9.93. The Morgan fingerprint density at radius 1 is 1.00 bits per heavy atom. The van der Waals surface area contributed by atoms with Crippen LogP contribution < -0.4 is 4.74 Å². The molecule has 0 aliphatic heterocycles. The number of ether oxygens (including phenoxy) is 2. The van der Waals surface area contributed by atoms with Crippen LogP contribution >= 0.6 is 11.6 Å². The van der Waals surface area contributed by atoms with Crippen molar-refractivity contribution < 1.29 is 14.3 Å². The standard InChI is InChI=1S/C25H22ClNO3/c1-17(2)25(24(28)29-3,18-12-14-19(26)15-13-18)22-10-7-11-23(21(22)16-27)30-20-8-5-4-6-9-20/h4-15,17H,1-3H3. The fourth-order valence-corrected chi connectivity index (χ4v) is 3.94. The molecule has 0 saturated carbocycles. The van der Waals surface area contributed by atoms with E-state index >= 15 is 0 Å². The molecule has 0 aliphatic carbocycles. The van der Waals surface area contributed by atoms with Crippen molar-refractivity contribution in [3.05, 3.63) is 94.5 Å². The molecular weight excluding hydrogens is 398 g/mol. The molecule has 152 valence electrons. The van der Waals surface area contributed by atoms with Crippen molar-refractivity contribution in [3.8, 4) is 17.6 Å². The van der Waals surface area contributed by atoms with E-state index in [2.05, 4.69) is 6.07 Å². The van der Waals surface area contributed by atoms with E-state index in [-0.39, 0.29) is 11.5 Å². The van der Waals surface area contributed by atoms with Crippen molar-refractivity contribution in [2.75, 3.05) is 7.11 Å². The highest BCUT2D eigenvalue weighted by Crippen LogP contribution is 2.44. The van der Waals surface area contributed by atoms with Gasteiger partial charge >= 0.3 is 5.97 Å². The Morgan fingerprint density at radius 3 is 2.23 bits per heavy atom. The van der Waals surface area contributed by atoms with Gasteiger partial charge in [-0.2, -0.15) is 5.26 Å². The lowest BCUT2D eigenvalue weighted by Crippen LogP contribution is -2.43. The van der Waals surface area contributed by atoms with Gasteiger partial charge in [0.25, 0.3) is 0 Å². The van der Waals surface area contributed by atoms with E-state index in [1.807, 2.05) is 44.2 Å². The number of para-hydroxylation sites is 1. The second kappa shape index (κ2) is 9.02. The van der Waals surface area contributed by atoms with Gasteiger partial charge in [-0.1, -0.05) is 67.9 Å². The van der Waals surface area contributed by atoms with Crippen molar-refractivity contribution >= 4 is 17.6 Å². The predicted molar refractivity (Wildman–Crippen MR) is 117 cm³/mol. The molecule has 0 fully saturated rings. The quantitative estimate of drug-likeness (QED) is 0.451. The van der Waals surface area contributed by atoms with Gasteiger partial charge < -0.3 is 9.47 Å². The normalized spacial score (nSPS) is 12.7. The van der Waals surface area contributed by atoms with E-state index in [1.54, 1.807) is 42.5 Å². The minimum absolute atomic E-state index is 0.217. The van der Waals surface area contributed by atoms with Crippen LogP contribution in [0.4, 0.5) is 0 Å². The molecule has 0 saturated heterocycles. The lowest BCUT2D eigenvalue weighted by molar-refractivity contribution is -0.147. The van der Waals surface area contributed by atoms with Gasteiger partial charge in [0.15, 0.2) is 0 Å². The molecule has 0 aromatic heterocycles. The van der Waals surface area contributed by atoms with Crippen LogP contribution in [0.1, 0.15) is 30.5 Å². The van der Waals surface area contributed by atoms with E-state index in [9.17, 15) is 10.1 Å². The maximum Gasteiger partial charge on any atom is 0.321 e. The molecule has 0 radical (unpaired) electrons. The number of rotatable bonds is 6. The van der Waals surface area contributed by atoms with Gasteiger partial charge in [0.1, 0.15) is 23.0 Å². The van der Waals surface area contributed by atoms with E-state index in [4.69, 9.17) is 21.1 Å². The van der Waals surface area contributed by atoms with Gasteiger partial charge in [-0.25, -0.2) is 0 Å². The molecule has 3 aromatic carbocycles. The number of benzene rings is 3. The Hall–Kier alpha value is -3.29. The summed E-state index contributed by atoms with van der Waals surface area (Å²) >= 11 is 6.09. The Morgan fingerprint density at radius 2 is 1.67 bits per heavy atom. The van der Waals surface area contributed by atoms with E-state index < -0.39 is 11.4 Å². The molecule has 4 nitrogen and oxygen atoms in total. The first-order chi connectivity index (χ1) is 14.4. The number of carbonyl (C=O) groups is 1. The van der Waals surface area contributed by atoms with Crippen LogP contribution in [0.25, 0.3) is 0 Å². The number of nitriles is 1. The maximum absolute atomic E-state index is 13.3. The van der Waals surface area contributed by atoms with E-state index in [0.29, 0.717) is 27.6 Å². The van der Waals surface area contributed by atoms with E-state index in [1.165, 1.54) is 7.11 Å². The molecule has 5 heteroatoms. The Labute approximate surface area is 181 Å². The molecule has 1 unspecified atom stereocenters. The van der Waals surface area contributed by atoms with Gasteiger partial charge in [-0.3, -0.25) is 4.79 Å². The number of halogens is 1. The topological polar surface area (TPSA) is 59.3 Å². The van der Waals surface area contributed by atoms with E-state index in [0.717, 1.165) is 0 Å². The summed E-state index contributed by atoms with van der Waals surface area (Å²) in [6, 6.07) is 23.8. The average molecular weight is 420 g/mol. The lowest BCUT2D eigenvalue weighted by atomic mass is 9.65. The second-order valence-corrected chi connectivity index (χ2v) is 7.60. The third-order valence-electron chi connectivity index (χ3n) is 5.21. The number of esters is 1. The summed E-state index contributed by atoms with van der Waals surface area (Å²) in [4.78, 5) is 13.3. The number of carbonyl (C=O) groups excluding carboxylic acids is 1. The van der Waals surface area contributed by atoms with Crippen LogP contribution in [0.5, 0.6) is 11.5 Å². The van der Waals surface area contributed by atoms with Crippen LogP contribution in [-0.2, 0) is 14.9 Å². The summed E-state index contributed by atoms with van der Waals surface area (Å²) in [6.45, 7) is 3.86. The summed E-state index contributed by atoms with van der Waals surface area (Å²) in [6.07, 6.45) is 0. The SMILES string of the molecule is COC(=O)C(c1ccc(Cl)cc1)(c1cccc(Oc2ccccc2)c1C#N)C(C)C. The number of hydrogen-bond donors (Lipinski definition) is 0. The first-order valence-electron chi connectivity index (χ1n) is 9.56. The Balaban J connectivity index is 2.28. The van der Waals surface area contributed by atoms with Crippen LogP contribution in [0.15, 0.2) is 72.8 Å². The summed E-state index contributed by atoms with van der Waals surface area (Å²) < 4.78 is 11.2. The van der Waals surface area contributed by atoms with Crippen LogP contribution in [-0.4, -0.2) is 13.1 Å². The highest BCUT2D eigenvalue weighted by Gasteiger charge is 2.48. The predicted octanol–water partition coefficient (Wildman–Crippen LogP) is 6.12. The van der Waals surface area contributed by atoms with Crippen LogP contribution in [0.2, 0.25) is 5.02 Å². The van der Waals surface area contributed by atoms with Crippen molar-refractivity contribution in [1.29, 1.82) is 5.26 Å². The van der Waals surface area contributed by atoms with Crippen LogP contribution in [0, 0.1) is 17.2 Å². The third kappa shape index (κ3) is 3.77. The Kier molecular flexibility index (Phi) is 6.44. The monoisotopic (exact) mass is 419 g/mol. The summed E-state index contributed by atoms with van der Waals surface area (Å²) in [7, 11) is 1.35. The summed E-state index contributed by atoms with van der Waals surface area (Å²) in [5.74, 6) is 0.313. The summed E-state index contributed by atoms with van der Waals surface area (Å²) in [5.41, 5.74) is 0.306. The molecule has 0 bridgehead atoms. The average Bonchev–Trinajstić information content (AvgIpc) is 2.76. The third-order valence-corrected chi connectivity index (χ3v) is 5.46. The molecule has 0 aliphatic rings. The summed E-state index contributed by atoms with van der Waals surface area (Å²) in [5, 5.41) is 10.6. The minimum atomic E-state index is -1.21. The molecule has 0 heterocycles. The molecular formula is C25H22ClNO3. The second-order valence-electron chi connectivity index (χ2n) is 7.17. The molecule has 0 spiro atoms. The van der Waals surface area contributed by atoms with Gasteiger partial charge in [0, 0.05) is 5.02 Å². The number of nitrogens with zero attached hydrogens (tertiary/aromatic N) is 1. The Bertz CT molecular complexity index is 1070. The van der Waals surface area contributed by atoms with Crippen molar-refractivity contribution in [2.45, 2.75) is 19.3 Å². The smallest absolute Gasteiger partial charge is 0.321 e. The minimum Gasteiger partial charge on any atom is -0.468 e. The zero-order chi connectivity index (χ0) is 21.7. The fraction of sp³-hybridized carbons (Fsp3) is 0.200. The fourth-order valence-electron chi connectivity index (χ4n) is 3.81. The highest BCUT2D eigenvalue weighted by atomic mass is 35.5. The first kappa shape index (κ1) is 21.4. The van der Waals surface area contributed by atoms with Gasteiger partial charge in [-0.15, -0.1) is 0 Å². The van der Waals surface area contributed by atoms with Crippen molar-refractivity contribution in [2.24, 2.45) is 5.92 Å². The number of methoxy groups -OCH3 is 1. The molecule has 1 atom stereocenters. The molecule has 3 rings (SSSR count). The van der Waals surface area contributed by atoms with Gasteiger partial charge in [0.2, 0.25) is 0 Å². The lowest BCUT2D eigenvalue weighted by Gasteiger charge is -2.36. The van der Waals surface area contributed by atoms with Gasteiger partial charge in [-0.05, 0) is 47.4 Å². The molecule has 3 aromatic rings. The zero-order valence-corrected chi connectivity index (χ0v) is 17.8. The highest BCUT2D eigenvalue weighted by molar-refractivity contribution is 6.30. The maximum atomic E-state index is 13.3. The number of hydrogen-bond acceptors (Lipinski definition) is 4.